The van der Waals surface area contributed by atoms with Gasteiger partial charge in [0.25, 0.3) is 15.9 Å². The first-order valence-corrected chi connectivity index (χ1v) is 17.3. The number of amides is 1. The molecule has 2 aromatic heterocycles. The van der Waals surface area contributed by atoms with Gasteiger partial charge in [-0.05, 0) is 62.4 Å². The number of aryl methyl sites for hydroxylation is 1. The van der Waals surface area contributed by atoms with Crippen LogP contribution in [0.25, 0.3) is 10.6 Å². The van der Waals surface area contributed by atoms with E-state index < -0.39 is 39.6 Å². The van der Waals surface area contributed by atoms with Crippen molar-refractivity contribution < 1.29 is 41.0 Å². The highest BCUT2D eigenvalue weighted by atomic mass is 32.2. The summed E-state index contributed by atoms with van der Waals surface area (Å²) in [6.45, 7) is 5.34. The Bertz CT molecular complexity index is 1950. The number of piperazine rings is 1. The average molecular weight is 706 g/mol. The van der Waals surface area contributed by atoms with Crippen molar-refractivity contribution in [2.24, 2.45) is 7.05 Å². The number of nitrogens with zero attached hydrogens (tertiary/aromatic N) is 4. The van der Waals surface area contributed by atoms with Gasteiger partial charge in [0.15, 0.2) is 0 Å². The van der Waals surface area contributed by atoms with E-state index >= 15 is 0 Å². The number of hydrogen-bond acceptors (Lipinski definition) is 9. The van der Waals surface area contributed by atoms with E-state index in [4.69, 9.17) is 9.47 Å². The van der Waals surface area contributed by atoms with Crippen molar-refractivity contribution in [3.8, 4) is 22.1 Å². The van der Waals surface area contributed by atoms with Crippen LogP contribution in [0.15, 0.2) is 64.9 Å². The number of fused-ring (bicyclic) bond motifs is 1. The molecule has 0 unspecified atom stereocenters. The lowest BCUT2D eigenvalue weighted by Gasteiger charge is -2.42. The van der Waals surface area contributed by atoms with Gasteiger partial charge in [0.2, 0.25) is 0 Å². The minimum Gasteiger partial charge on any atom is -0.497 e. The first kappa shape index (κ1) is 33.8. The van der Waals surface area contributed by atoms with Crippen molar-refractivity contribution >= 4 is 33.0 Å². The molecule has 0 bridgehead atoms. The molecule has 4 heterocycles. The number of aliphatic hydroxyl groups is 1. The molecule has 0 spiro atoms. The monoisotopic (exact) mass is 705 g/mol. The van der Waals surface area contributed by atoms with E-state index in [2.05, 4.69) is 14.7 Å². The zero-order valence-electron chi connectivity index (χ0n) is 26.5. The van der Waals surface area contributed by atoms with Gasteiger partial charge in [-0.2, -0.15) is 18.3 Å². The number of anilines is 1. The van der Waals surface area contributed by atoms with Gasteiger partial charge in [0, 0.05) is 56.1 Å². The van der Waals surface area contributed by atoms with Crippen molar-refractivity contribution in [3.63, 3.8) is 0 Å². The van der Waals surface area contributed by atoms with Crippen molar-refractivity contribution in [1.82, 2.24) is 19.4 Å². The van der Waals surface area contributed by atoms with Crippen LogP contribution in [0.3, 0.4) is 0 Å². The third kappa shape index (κ3) is 6.49. The Balaban J connectivity index is 1.23. The minimum atomic E-state index is -4.63. The van der Waals surface area contributed by atoms with E-state index in [9.17, 15) is 31.5 Å². The third-order valence-electron chi connectivity index (χ3n) is 8.53. The molecule has 2 aliphatic heterocycles. The molecule has 1 saturated heterocycles. The Morgan fingerprint density at radius 1 is 1.08 bits per heavy atom. The average Bonchev–Trinajstić information content (AvgIpc) is 3.71. The molecule has 4 aromatic rings. The number of hydrogen-bond donors (Lipinski definition) is 2. The standard InChI is InChI=1S/C32H34F3N5O6S2/c1-31(2)29(41)28(37-48(43,44)27-11-10-25(47-27)23-18-26(32(33,34)35)38(3)36-23)22-16-19(8-9-24(22)46-31)30(42)40-14-12-39(13-15-40)20-6-5-7-21(17-20)45-4/h5-11,16-18,28-29,37,41H,12-15H2,1-4H3/t28-,29+/m1/s1. The number of rotatable bonds is 7. The fraction of sp³-hybridized carbons (Fsp3) is 0.375. The Morgan fingerprint density at radius 3 is 2.48 bits per heavy atom. The zero-order chi connectivity index (χ0) is 34.6. The minimum absolute atomic E-state index is 0.0265. The number of halogens is 3. The second kappa shape index (κ2) is 12.4. The smallest absolute Gasteiger partial charge is 0.433 e. The molecule has 2 aromatic carbocycles. The number of ether oxygens (including phenoxy) is 2. The second-order valence-corrected chi connectivity index (χ2v) is 15.2. The van der Waals surface area contributed by atoms with Crippen molar-refractivity contribution in [3.05, 3.63) is 77.5 Å². The molecule has 11 nitrogen and oxygen atoms in total. The van der Waals surface area contributed by atoms with Crippen molar-refractivity contribution in [2.75, 3.05) is 38.2 Å². The molecule has 0 aliphatic carbocycles. The molecule has 1 amide bonds. The molecule has 16 heteroatoms. The van der Waals surface area contributed by atoms with Crippen LogP contribution in [-0.2, 0) is 23.2 Å². The molecule has 2 N–H and O–H groups in total. The van der Waals surface area contributed by atoms with Gasteiger partial charge in [-0.3, -0.25) is 9.48 Å². The quantitative estimate of drug-likeness (QED) is 0.284. The molecule has 2 atom stereocenters. The van der Waals surface area contributed by atoms with Gasteiger partial charge in [-0.1, -0.05) is 6.07 Å². The Morgan fingerprint density at radius 2 is 1.81 bits per heavy atom. The number of carbonyl (C=O) groups is 1. The highest BCUT2D eigenvalue weighted by Gasteiger charge is 2.45. The SMILES string of the molecule is COc1cccc(N2CCN(C(=O)c3ccc4c(c3)[C@@H](NS(=O)(=O)c3ccc(-c5cc(C(F)(F)F)n(C)n5)s3)[C@H](O)C(C)(C)O4)CC2)c1. The summed E-state index contributed by atoms with van der Waals surface area (Å²) < 4.78 is 81.7. The van der Waals surface area contributed by atoms with Crippen molar-refractivity contribution in [2.45, 2.75) is 42.0 Å². The summed E-state index contributed by atoms with van der Waals surface area (Å²) in [5, 5.41) is 15.2. The molecule has 0 radical (unpaired) electrons. The summed E-state index contributed by atoms with van der Waals surface area (Å²) in [5.74, 6) is 0.794. The van der Waals surface area contributed by atoms with Crippen LogP contribution in [0.5, 0.6) is 11.5 Å². The van der Waals surface area contributed by atoms with Crippen LogP contribution >= 0.6 is 11.3 Å². The van der Waals surface area contributed by atoms with Gasteiger partial charge >= 0.3 is 6.18 Å². The molecule has 0 saturated carbocycles. The van der Waals surface area contributed by atoms with Gasteiger partial charge in [0.1, 0.15) is 38.8 Å². The Kier molecular flexibility index (Phi) is 8.72. The maximum atomic E-state index is 13.7. The number of sulfonamides is 1. The number of nitrogens with one attached hydrogen (secondary N) is 1. The number of carbonyl (C=O) groups excluding carboxylic acids is 1. The predicted molar refractivity (Wildman–Crippen MR) is 173 cm³/mol. The van der Waals surface area contributed by atoms with Gasteiger partial charge in [-0.25, -0.2) is 13.1 Å². The number of alkyl halides is 3. The van der Waals surface area contributed by atoms with E-state index in [-0.39, 0.29) is 26.3 Å². The lowest BCUT2D eigenvalue weighted by molar-refractivity contribution is -0.143. The molecule has 1 fully saturated rings. The second-order valence-electron chi connectivity index (χ2n) is 12.1. The first-order chi connectivity index (χ1) is 22.6. The van der Waals surface area contributed by atoms with Crippen LogP contribution in [0.1, 0.15) is 41.5 Å². The summed E-state index contributed by atoms with van der Waals surface area (Å²) in [5.41, 5.74) is -0.629. The van der Waals surface area contributed by atoms with Gasteiger partial charge < -0.3 is 24.4 Å². The molecule has 48 heavy (non-hydrogen) atoms. The number of aliphatic hydroxyl groups excluding tert-OH is 1. The number of benzene rings is 2. The molecule has 6 rings (SSSR count). The lowest BCUT2D eigenvalue weighted by Crippen LogP contribution is -2.53. The first-order valence-electron chi connectivity index (χ1n) is 15.0. The third-order valence-corrected chi connectivity index (χ3v) is 11.6. The van der Waals surface area contributed by atoms with Crippen LogP contribution in [0.2, 0.25) is 0 Å². The summed E-state index contributed by atoms with van der Waals surface area (Å²) in [6, 6.07) is 14.7. The molecular formula is C32H34F3N5O6S2. The van der Waals surface area contributed by atoms with Crippen LogP contribution in [0, 0.1) is 0 Å². The zero-order valence-corrected chi connectivity index (χ0v) is 28.1. The summed E-state index contributed by atoms with van der Waals surface area (Å²) in [6.07, 6.45) is -5.99. The van der Waals surface area contributed by atoms with E-state index in [0.29, 0.717) is 42.2 Å². The summed E-state index contributed by atoms with van der Waals surface area (Å²) in [4.78, 5) is 17.7. The molecule has 2 aliphatic rings. The maximum absolute atomic E-state index is 13.7. The topological polar surface area (TPSA) is 126 Å². The van der Waals surface area contributed by atoms with Crippen LogP contribution in [0.4, 0.5) is 18.9 Å². The number of aromatic nitrogens is 2. The maximum Gasteiger partial charge on any atom is 0.433 e. The fourth-order valence-electron chi connectivity index (χ4n) is 5.90. The highest BCUT2D eigenvalue weighted by molar-refractivity contribution is 7.91. The van der Waals surface area contributed by atoms with Crippen LogP contribution < -0.4 is 19.1 Å². The fourth-order valence-corrected chi connectivity index (χ4v) is 8.40. The van der Waals surface area contributed by atoms with Gasteiger partial charge in [0.05, 0.1) is 18.0 Å². The Hall–Kier alpha value is -4.12. The number of methoxy groups -OCH3 is 1. The predicted octanol–water partition coefficient (Wildman–Crippen LogP) is 4.69. The summed E-state index contributed by atoms with van der Waals surface area (Å²) >= 11 is 0.746. The normalized spacial score (nSPS) is 19.5. The largest absolute Gasteiger partial charge is 0.497 e. The lowest BCUT2D eigenvalue weighted by atomic mass is 9.86. The molecular weight excluding hydrogens is 672 g/mol. The van der Waals surface area contributed by atoms with E-state index in [0.717, 1.165) is 35.9 Å². The van der Waals surface area contributed by atoms with Crippen LogP contribution in [-0.4, -0.2) is 79.1 Å². The van der Waals surface area contributed by atoms with E-state index in [1.165, 1.54) is 18.2 Å². The Labute approximate surface area is 279 Å². The van der Waals surface area contributed by atoms with E-state index in [1.807, 2.05) is 24.3 Å². The van der Waals surface area contributed by atoms with Gasteiger partial charge in [-0.15, -0.1) is 11.3 Å². The number of thiophene rings is 1. The van der Waals surface area contributed by atoms with Crippen molar-refractivity contribution in [1.29, 1.82) is 0 Å². The van der Waals surface area contributed by atoms with E-state index in [1.54, 1.807) is 38.0 Å². The molecule has 256 valence electrons. The summed E-state index contributed by atoms with van der Waals surface area (Å²) in [7, 11) is -1.54. The highest BCUT2D eigenvalue weighted by Crippen LogP contribution is 2.42.